The van der Waals surface area contributed by atoms with Crippen LogP contribution in [-0.4, -0.2) is 57.3 Å². The molecule has 3 heterocycles. The molecule has 0 unspecified atom stereocenters. The second-order valence-corrected chi connectivity index (χ2v) is 10.2. The highest BCUT2D eigenvalue weighted by Crippen LogP contribution is 2.36. The molecule has 190 valence electrons. The molecular formula is C28H36N6O2. The maximum atomic E-state index is 14.0. The van der Waals surface area contributed by atoms with Crippen LogP contribution in [0.2, 0.25) is 0 Å². The van der Waals surface area contributed by atoms with E-state index in [1.165, 1.54) is 6.42 Å². The standard InChI is InChI=1S/C28H36N6O2/c1-18(29-2)27(35)33-25(20-12-7-4-8-13-20)28(36)34-15-9-14-23(34)21-16-22-26(32-21)24(31-17-30-22)19-10-5-3-6-11-19/h3,5-6,10-11,16-18,20,23,25,29,32H,4,7-9,12-15H2,1-2H3,(H,33,35)/t18-,23-,25-/m0/s1. The number of likely N-dealkylation sites (tertiary alicyclic amines) is 1. The van der Waals surface area contributed by atoms with Crippen LogP contribution >= 0.6 is 0 Å². The van der Waals surface area contributed by atoms with Crippen molar-refractivity contribution in [1.29, 1.82) is 0 Å². The van der Waals surface area contributed by atoms with Crippen molar-refractivity contribution in [3.63, 3.8) is 0 Å². The van der Waals surface area contributed by atoms with E-state index in [-0.39, 0.29) is 29.8 Å². The Balaban J connectivity index is 1.44. The highest BCUT2D eigenvalue weighted by molar-refractivity contribution is 5.91. The van der Waals surface area contributed by atoms with Gasteiger partial charge in [0.05, 0.1) is 28.8 Å². The summed E-state index contributed by atoms with van der Waals surface area (Å²) in [5.74, 6) is 0.0957. The summed E-state index contributed by atoms with van der Waals surface area (Å²) in [6.45, 7) is 2.52. The summed E-state index contributed by atoms with van der Waals surface area (Å²) in [5.41, 5.74) is 4.59. The summed E-state index contributed by atoms with van der Waals surface area (Å²) in [4.78, 5) is 41.4. The predicted molar refractivity (Wildman–Crippen MR) is 140 cm³/mol. The number of hydrogen-bond acceptors (Lipinski definition) is 5. The van der Waals surface area contributed by atoms with Crippen molar-refractivity contribution in [1.82, 2.24) is 30.5 Å². The number of H-pyrrole nitrogens is 1. The average molecular weight is 489 g/mol. The van der Waals surface area contributed by atoms with E-state index in [4.69, 9.17) is 0 Å². The smallest absolute Gasteiger partial charge is 0.246 e. The number of rotatable bonds is 7. The van der Waals surface area contributed by atoms with Crippen LogP contribution in [0.1, 0.15) is 63.6 Å². The molecule has 2 amide bonds. The zero-order valence-electron chi connectivity index (χ0n) is 21.2. The van der Waals surface area contributed by atoms with Gasteiger partial charge in [0.1, 0.15) is 12.4 Å². The molecule has 2 fully saturated rings. The van der Waals surface area contributed by atoms with E-state index in [1.807, 2.05) is 42.2 Å². The fourth-order valence-corrected chi connectivity index (χ4v) is 5.74. The van der Waals surface area contributed by atoms with E-state index in [1.54, 1.807) is 13.4 Å². The third kappa shape index (κ3) is 4.87. The maximum absolute atomic E-state index is 14.0. The van der Waals surface area contributed by atoms with Crippen molar-refractivity contribution in [2.75, 3.05) is 13.6 Å². The topological polar surface area (TPSA) is 103 Å². The Kier molecular flexibility index (Phi) is 7.32. The first kappa shape index (κ1) is 24.4. The Bertz CT molecular complexity index is 1200. The van der Waals surface area contributed by atoms with Crippen LogP contribution < -0.4 is 10.6 Å². The molecule has 2 aliphatic rings. The lowest BCUT2D eigenvalue weighted by Gasteiger charge is -2.35. The zero-order valence-corrected chi connectivity index (χ0v) is 21.2. The van der Waals surface area contributed by atoms with Crippen LogP contribution in [0.15, 0.2) is 42.7 Å². The summed E-state index contributed by atoms with van der Waals surface area (Å²) >= 11 is 0. The number of aromatic nitrogens is 3. The number of carbonyl (C=O) groups excluding carboxylic acids is 2. The third-order valence-electron chi connectivity index (χ3n) is 7.89. The maximum Gasteiger partial charge on any atom is 0.246 e. The highest BCUT2D eigenvalue weighted by Gasteiger charge is 2.39. The second-order valence-electron chi connectivity index (χ2n) is 10.2. The molecular weight excluding hydrogens is 452 g/mol. The zero-order chi connectivity index (χ0) is 25.1. The molecule has 1 aliphatic carbocycles. The number of amides is 2. The van der Waals surface area contributed by atoms with Crippen molar-refractivity contribution >= 4 is 22.8 Å². The first-order valence-electron chi connectivity index (χ1n) is 13.2. The van der Waals surface area contributed by atoms with Crippen molar-refractivity contribution in [2.45, 2.75) is 70.0 Å². The summed E-state index contributed by atoms with van der Waals surface area (Å²) in [6.07, 6.45) is 8.78. The van der Waals surface area contributed by atoms with E-state index < -0.39 is 6.04 Å². The van der Waals surface area contributed by atoms with Gasteiger partial charge >= 0.3 is 0 Å². The van der Waals surface area contributed by atoms with Crippen molar-refractivity contribution in [3.8, 4) is 11.3 Å². The van der Waals surface area contributed by atoms with Crippen molar-refractivity contribution < 1.29 is 9.59 Å². The minimum atomic E-state index is -0.488. The number of nitrogens with zero attached hydrogens (tertiary/aromatic N) is 3. The van der Waals surface area contributed by atoms with Crippen LogP contribution in [0.3, 0.4) is 0 Å². The third-order valence-corrected chi connectivity index (χ3v) is 7.89. The summed E-state index contributed by atoms with van der Waals surface area (Å²) in [5, 5.41) is 6.11. The van der Waals surface area contributed by atoms with Crippen LogP contribution in [0.25, 0.3) is 22.3 Å². The number of hydrogen-bond donors (Lipinski definition) is 3. The van der Waals surface area contributed by atoms with Gasteiger partial charge in [0.25, 0.3) is 0 Å². The van der Waals surface area contributed by atoms with Crippen molar-refractivity contribution in [2.24, 2.45) is 5.92 Å². The Labute approximate surface area is 212 Å². The number of nitrogens with one attached hydrogen (secondary N) is 3. The van der Waals surface area contributed by atoms with Gasteiger partial charge in [0.15, 0.2) is 0 Å². The molecule has 1 saturated heterocycles. The molecule has 0 bridgehead atoms. The van der Waals surface area contributed by atoms with E-state index in [9.17, 15) is 9.59 Å². The average Bonchev–Trinajstić information content (AvgIpc) is 3.59. The molecule has 8 heteroatoms. The number of benzene rings is 1. The molecule has 0 spiro atoms. The first-order valence-corrected chi connectivity index (χ1v) is 13.2. The van der Waals surface area contributed by atoms with Gasteiger partial charge in [-0.1, -0.05) is 49.6 Å². The molecule has 36 heavy (non-hydrogen) atoms. The molecule has 2 aromatic heterocycles. The van der Waals surface area contributed by atoms with Crippen molar-refractivity contribution in [3.05, 3.63) is 48.4 Å². The summed E-state index contributed by atoms with van der Waals surface area (Å²) < 4.78 is 0. The molecule has 3 N–H and O–H groups in total. The molecule has 1 aliphatic heterocycles. The monoisotopic (exact) mass is 488 g/mol. The Morgan fingerprint density at radius 2 is 1.83 bits per heavy atom. The minimum absolute atomic E-state index is 0.0362. The van der Waals surface area contributed by atoms with Crippen LogP contribution in [0, 0.1) is 5.92 Å². The van der Waals surface area contributed by atoms with Gasteiger partial charge in [0.2, 0.25) is 11.8 Å². The molecule has 3 atom stereocenters. The largest absolute Gasteiger partial charge is 0.354 e. The van der Waals surface area contributed by atoms with Gasteiger partial charge in [0, 0.05) is 17.8 Å². The molecule has 5 rings (SSSR count). The Hall–Kier alpha value is -3.26. The predicted octanol–water partition coefficient (Wildman–Crippen LogP) is 3.96. The van der Waals surface area contributed by atoms with Gasteiger partial charge in [-0.2, -0.15) is 0 Å². The number of aromatic amines is 1. The van der Waals surface area contributed by atoms with E-state index in [2.05, 4.69) is 31.7 Å². The fraction of sp³-hybridized carbons (Fsp3) is 0.500. The molecule has 1 aromatic carbocycles. The summed E-state index contributed by atoms with van der Waals surface area (Å²) in [7, 11) is 1.76. The SMILES string of the molecule is CN[C@@H](C)C(=O)N[C@H](C(=O)N1CCC[C@H]1c1cc2ncnc(-c3ccccc3)c2[nH]1)C1CCCCC1. The normalized spacial score (nSPS) is 20.4. The lowest BCUT2D eigenvalue weighted by molar-refractivity contribution is -0.139. The summed E-state index contributed by atoms with van der Waals surface area (Å²) in [6, 6.07) is 11.2. The van der Waals surface area contributed by atoms with Gasteiger partial charge in [-0.15, -0.1) is 0 Å². The second kappa shape index (κ2) is 10.8. The molecule has 8 nitrogen and oxygen atoms in total. The first-order chi connectivity index (χ1) is 17.6. The fourth-order valence-electron chi connectivity index (χ4n) is 5.74. The Morgan fingerprint density at radius 1 is 1.06 bits per heavy atom. The van der Waals surface area contributed by atoms with Gasteiger partial charge in [-0.05, 0) is 51.6 Å². The van der Waals surface area contributed by atoms with Crippen LogP contribution in [0.5, 0.6) is 0 Å². The molecule has 1 saturated carbocycles. The number of carbonyl (C=O) groups is 2. The van der Waals surface area contributed by atoms with Crippen LogP contribution in [0.4, 0.5) is 0 Å². The lowest BCUT2D eigenvalue weighted by Crippen LogP contribution is -2.55. The number of fused-ring (bicyclic) bond motifs is 1. The van der Waals surface area contributed by atoms with E-state index in [0.29, 0.717) is 6.54 Å². The van der Waals surface area contributed by atoms with E-state index in [0.717, 1.165) is 66.5 Å². The number of likely N-dealkylation sites (N-methyl/N-ethyl adjacent to an activating group) is 1. The Morgan fingerprint density at radius 3 is 2.58 bits per heavy atom. The lowest BCUT2D eigenvalue weighted by atomic mass is 9.83. The van der Waals surface area contributed by atoms with Gasteiger partial charge < -0.3 is 20.5 Å². The quantitative estimate of drug-likeness (QED) is 0.467. The van der Waals surface area contributed by atoms with Crippen LogP contribution in [-0.2, 0) is 9.59 Å². The van der Waals surface area contributed by atoms with Gasteiger partial charge in [-0.3, -0.25) is 9.59 Å². The highest BCUT2D eigenvalue weighted by atomic mass is 16.2. The van der Waals surface area contributed by atoms with Gasteiger partial charge in [-0.25, -0.2) is 9.97 Å². The molecule has 3 aromatic rings. The van der Waals surface area contributed by atoms with E-state index >= 15 is 0 Å². The minimum Gasteiger partial charge on any atom is -0.354 e. The molecule has 0 radical (unpaired) electrons.